The maximum atomic E-state index is 12.5. The number of anilines is 1. The summed E-state index contributed by atoms with van der Waals surface area (Å²) in [6.45, 7) is 4.97. The second-order valence-corrected chi connectivity index (χ2v) is 8.14. The molecule has 0 aliphatic carbocycles. The van der Waals surface area contributed by atoms with Gasteiger partial charge in [0.15, 0.2) is 0 Å². The summed E-state index contributed by atoms with van der Waals surface area (Å²) in [4.78, 5) is 27.7. The molecule has 138 valence electrons. The van der Waals surface area contributed by atoms with Crippen molar-refractivity contribution in [2.45, 2.75) is 6.92 Å². The van der Waals surface area contributed by atoms with Gasteiger partial charge in [-0.1, -0.05) is 23.7 Å². The maximum Gasteiger partial charge on any atom is 0.246 e. The number of aryl methyl sites for hydroxylation is 1. The summed E-state index contributed by atoms with van der Waals surface area (Å²) in [7, 11) is 0. The molecule has 2 aromatic heterocycles. The minimum absolute atomic E-state index is 0.0313. The van der Waals surface area contributed by atoms with Crippen LogP contribution in [0.1, 0.15) is 10.4 Å². The summed E-state index contributed by atoms with van der Waals surface area (Å²) < 4.78 is 0. The first-order chi connectivity index (χ1) is 13.1. The van der Waals surface area contributed by atoms with Gasteiger partial charge >= 0.3 is 0 Å². The second kappa shape index (κ2) is 7.66. The van der Waals surface area contributed by atoms with Crippen molar-refractivity contribution >= 4 is 51.0 Å². The van der Waals surface area contributed by atoms with Crippen LogP contribution in [0.5, 0.6) is 0 Å². The Morgan fingerprint density at radius 3 is 2.63 bits per heavy atom. The Morgan fingerprint density at radius 2 is 1.89 bits per heavy atom. The smallest absolute Gasteiger partial charge is 0.246 e. The number of carbonyl (C=O) groups is 1. The molecule has 1 saturated heterocycles. The number of nitrogens with zero attached hydrogens (tertiary/aromatic N) is 4. The number of thiophene rings is 1. The molecule has 0 radical (unpaired) electrons. The number of carbonyl (C=O) groups excluding carboxylic acids is 1. The van der Waals surface area contributed by atoms with E-state index in [0.717, 1.165) is 34.7 Å². The van der Waals surface area contributed by atoms with E-state index in [-0.39, 0.29) is 5.91 Å². The van der Waals surface area contributed by atoms with Crippen LogP contribution in [0.25, 0.3) is 16.3 Å². The molecule has 0 saturated carbocycles. The molecule has 5 nitrogen and oxygen atoms in total. The minimum Gasteiger partial charge on any atom is -0.352 e. The lowest BCUT2D eigenvalue weighted by Gasteiger charge is -2.35. The van der Waals surface area contributed by atoms with Crippen molar-refractivity contribution in [2.24, 2.45) is 0 Å². The summed E-state index contributed by atoms with van der Waals surface area (Å²) in [5, 5.41) is 1.79. The number of halogens is 1. The molecule has 0 atom stereocenters. The van der Waals surface area contributed by atoms with Gasteiger partial charge in [0.2, 0.25) is 5.91 Å². The van der Waals surface area contributed by atoms with Gasteiger partial charge < -0.3 is 9.80 Å². The summed E-state index contributed by atoms with van der Waals surface area (Å²) in [5.74, 6) is 0.997. The van der Waals surface area contributed by atoms with Gasteiger partial charge in [-0.3, -0.25) is 4.79 Å². The van der Waals surface area contributed by atoms with Crippen molar-refractivity contribution in [3.63, 3.8) is 0 Å². The van der Waals surface area contributed by atoms with Gasteiger partial charge in [-0.25, -0.2) is 9.97 Å². The van der Waals surface area contributed by atoms with Crippen LogP contribution in [0.15, 0.2) is 42.7 Å². The van der Waals surface area contributed by atoms with E-state index in [1.165, 1.54) is 4.88 Å². The predicted octanol–water partition coefficient (Wildman–Crippen LogP) is 4.02. The van der Waals surface area contributed by atoms with Crippen LogP contribution in [0.3, 0.4) is 0 Å². The van der Waals surface area contributed by atoms with Crippen molar-refractivity contribution in [1.29, 1.82) is 0 Å². The van der Waals surface area contributed by atoms with Crippen LogP contribution in [-0.2, 0) is 4.79 Å². The average Bonchev–Trinajstić information content (AvgIpc) is 3.07. The highest BCUT2D eigenvalue weighted by molar-refractivity contribution is 7.18. The zero-order chi connectivity index (χ0) is 18.8. The molecule has 4 rings (SSSR count). The van der Waals surface area contributed by atoms with Crippen molar-refractivity contribution in [2.75, 3.05) is 31.1 Å². The highest BCUT2D eigenvalue weighted by Crippen LogP contribution is 2.30. The monoisotopic (exact) mass is 398 g/mol. The standard InChI is InChI=1S/C20H19ClN4OS/c1-14-12-17-19(22-13-23-20(17)27-14)25-10-8-24(9-11-25)18(26)7-4-15-2-5-16(21)6-3-15/h2-7,12-13H,8-11H2,1H3/b7-4+. The van der Waals surface area contributed by atoms with Gasteiger partial charge in [-0.05, 0) is 36.8 Å². The Bertz CT molecular complexity index is 991. The molecule has 0 unspecified atom stereocenters. The molecule has 1 aromatic carbocycles. The predicted molar refractivity (Wildman–Crippen MR) is 111 cm³/mol. The number of piperazine rings is 1. The molecular formula is C20H19ClN4OS. The number of hydrogen-bond acceptors (Lipinski definition) is 5. The highest BCUT2D eigenvalue weighted by atomic mass is 35.5. The Labute approximate surface area is 166 Å². The summed E-state index contributed by atoms with van der Waals surface area (Å²) in [6, 6.07) is 9.57. The molecule has 1 amide bonds. The zero-order valence-corrected chi connectivity index (χ0v) is 16.5. The SMILES string of the molecule is Cc1cc2c(N3CCN(C(=O)/C=C/c4ccc(Cl)cc4)CC3)ncnc2s1. The van der Waals surface area contributed by atoms with E-state index >= 15 is 0 Å². The number of hydrogen-bond donors (Lipinski definition) is 0. The average molecular weight is 399 g/mol. The van der Waals surface area contributed by atoms with Gasteiger partial charge in [0, 0.05) is 42.2 Å². The normalized spacial score (nSPS) is 15.0. The van der Waals surface area contributed by atoms with Crippen LogP contribution in [-0.4, -0.2) is 47.0 Å². The maximum absolute atomic E-state index is 12.5. The molecule has 1 aliphatic heterocycles. The first-order valence-corrected chi connectivity index (χ1v) is 9.98. The lowest BCUT2D eigenvalue weighted by Crippen LogP contribution is -2.48. The number of fused-ring (bicyclic) bond motifs is 1. The fourth-order valence-corrected chi connectivity index (χ4v) is 4.17. The molecule has 27 heavy (non-hydrogen) atoms. The van der Waals surface area contributed by atoms with E-state index in [4.69, 9.17) is 11.6 Å². The molecular weight excluding hydrogens is 380 g/mol. The lowest BCUT2D eigenvalue weighted by molar-refractivity contribution is -0.126. The number of amides is 1. The Kier molecular flexibility index (Phi) is 5.09. The van der Waals surface area contributed by atoms with Gasteiger partial charge in [0.1, 0.15) is 17.0 Å². The van der Waals surface area contributed by atoms with E-state index in [0.29, 0.717) is 18.1 Å². The van der Waals surface area contributed by atoms with E-state index in [1.807, 2.05) is 35.2 Å². The zero-order valence-electron chi connectivity index (χ0n) is 14.9. The summed E-state index contributed by atoms with van der Waals surface area (Å²) in [6.07, 6.45) is 5.08. The van der Waals surface area contributed by atoms with Gasteiger partial charge in [-0.2, -0.15) is 0 Å². The van der Waals surface area contributed by atoms with Crippen molar-refractivity contribution in [3.8, 4) is 0 Å². The highest BCUT2D eigenvalue weighted by Gasteiger charge is 2.22. The van der Waals surface area contributed by atoms with Crippen LogP contribution in [0.4, 0.5) is 5.82 Å². The molecule has 0 N–H and O–H groups in total. The van der Waals surface area contributed by atoms with E-state index in [2.05, 4.69) is 27.9 Å². The molecule has 0 spiro atoms. The number of rotatable bonds is 3. The quantitative estimate of drug-likeness (QED) is 0.625. The third-order valence-corrected chi connectivity index (χ3v) is 5.82. The molecule has 3 heterocycles. The first-order valence-electron chi connectivity index (χ1n) is 8.79. The molecule has 0 bridgehead atoms. The first kappa shape index (κ1) is 17.9. The van der Waals surface area contributed by atoms with E-state index in [9.17, 15) is 4.79 Å². The van der Waals surface area contributed by atoms with Gasteiger partial charge in [0.25, 0.3) is 0 Å². The second-order valence-electron chi connectivity index (χ2n) is 6.47. The lowest BCUT2D eigenvalue weighted by atomic mass is 10.2. The van der Waals surface area contributed by atoms with Crippen LogP contribution >= 0.6 is 22.9 Å². The third kappa shape index (κ3) is 3.96. The van der Waals surface area contributed by atoms with Gasteiger partial charge in [-0.15, -0.1) is 11.3 Å². The fraction of sp³-hybridized carbons (Fsp3) is 0.250. The van der Waals surface area contributed by atoms with Crippen LogP contribution in [0.2, 0.25) is 5.02 Å². The molecule has 1 aliphatic rings. The fourth-order valence-electron chi connectivity index (χ4n) is 3.20. The molecule has 1 fully saturated rings. The Balaban J connectivity index is 1.41. The van der Waals surface area contributed by atoms with Crippen LogP contribution < -0.4 is 4.90 Å². The third-order valence-electron chi connectivity index (χ3n) is 4.61. The van der Waals surface area contributed by atoms with E-state index < -0.39 is 0 Å². The van der Waals surface area contributed by atoms with Crippen molar-refractivity contribution in [3.05, 3.63) is 58.2 Å². The van der Waals surface area contributed by atoms with Gasteiger partial charge in [0.05, 0.1) is 5.39 Å². The Hall–Kier alpha value is -2.44. The van der Waals surface area contributed by atoms with Crippen LogP contribution in [0, 0.1) is 6.92 Å². The minimum atomic E-state index is 0.0313. The van der Waals surface area contributed by atoms with Crippen molar-refractivity contribution < 1.29 is 4.79 Å². The molecule has 3 aromatic rings. The van der Waals surface area contributed by atoms with E-state index in [1.54, 1.807) is 23.7 Å². The Morgan fingerprint density at radius 1 is 1.15 bits per heavy atom. The summed E-state index contributed by atoms with van der Waals surface area (Å²) in [5.41, 5.74) is 0.961. The summed E-state index contributed by atoms with van der Waals surface area (Å²) >= 11 is 7.57. The topological polar surface area (TPSA) is 49.3 Å². The number of aromatic nitrogens is 2. The largest absolute Gasteiger partial charge is 0.352 e. The number of benzene rings is 1. The molecule has 7 heteroatoms. The van der Waals surface area contributed by atoms with Crippen molar-refractivity contribution in [1.82, 2.24) is 14.9 Å².